The quantitative estimate of drug-likeness (QED) is 0.0848. The summed E-state index contributed by atoms with van der Waals surface area (Å²) in [6.45, 7) is 21.7. The monoisotopic (exact) mass is 1530 g/mol. The van der Waals surface area contributed by atoms with Crippen LogP contribution in [0.1, 0.15) is 139 Å². The Morgan fingerprint density at radius 3 is 1.01 bits per heavy atom. The van der Waals surface area contributed by atoms with E-state index < -0.39 is 0 Å². The van der Waals surface area contributed by atoms with Crippen LogP contribution < -0.4 is 0 Å². The number of hydrogen-bond acceptors (Lipinski definition) is 13. The topological polar surface area (TPSA) is 167 Å². The number of nitrogens with zero attached hydrogens (tertiary/aromatic N) is 13. The van der Waals surface area contributed by atoms with Crippen molar-refractivity contribution in [2.45, 2.75) is 105 Å². The number of rotatable bonds is 17. The van der Waals surface area contributed by atoms with E-state index in [1.54, 1.807) is 37.2 Å². The zero-order chi connectivity index (χ0) is 81.2. The van der Waals surface area contributed by atoms with E-state index in [0.29, 0.717) is 41.1 Å². The maximum atomic E-state index is 5.00. The Morgan fingerprint density at radius 2 is 0.624 bits per heavy atom. The van der Waals surface area contributed by atoms with Gasteiger partial charge in [-0.1, -0.05) is 317 Å². The lowest BCUT2D eigenvalue weighted by Gasteiger charge is -2.24. The normalized spacial score (nSPS) is 12.2. The summed E-state index contributed by atoms with van der Waals surface area (Å²) in [5, 5.41) is 0. The van der Waals surface area contributed by atoms with E-state index in [0.717, 1.165) is 91.3 Å². The fourth-order valence-corrected chi connectivity index (χ4v) is 13.1. The van der Waals surface area contributed by atoms with Crippen molar-refractivity contribution in [2.75, 3.05) is 0 Å². The Hall–Kier alpha value is -13.9. The van der Waals surface area contributed by atoms with Crippen LogP contribution in [0.15, 0.2) is 369 Å². The first kappa shape index (κ1) is 81.1. The lowest BCUT2D eigenvalue weighted by Crippen LogP contribution is -2.13. The summed E-state index contributed by atoms with van der Waals surface area (Å²) in [5.41, 5.74) is 24.4. The molecule has 9 heterocycles. The van der Waals surface area contributed by atoms with Gasteiger partial charge in [-0.05, 0) is 148 Å². The van der Waals surface area contributed by atoms with Crippen LogP contribution >= 0.6 is 0 Å². The number of benzene rings is 8. The van der Waals surface area contributed by atoms with Crippen molar-refractivity contribution < 1.29 is 0 Å². The average Bonchev–Trinajstić information content (AvgIpc) is 0.836. The molecule has 0 spiro atoms. The number of pyridine rings is 6. The van der Waals surface area contributed by atoms with Gasteiger partial charge >= 0.3 is 0 Å². The summed E-state index contributed by atoms with van der Waals surface area (Å²) < 4.78 is 0. The Bertz CT molecular complexity index is 5480. The van der Waals surface area contributed by atoms with Gasteiger partial charge in [0.25, 0.3) is 0 Å². The van der Waals surface area contributed by atoms with Crippen LogP contribution in [0.25, 0.3) is 113 Å². The molecule has 13 heteroatoms. The van der Waals surface area contributed by atoms with Crippen molar-refractivity contribution >= 4 is 5.71 Å². The van der Waals surface area contributed by atoms with E-state index in [1.807, 2.05) is 84.9 Å². The van der Waals surface area contributed by atoms with Crippen molar-refractivity contribution in [1.29, 1.82) is 0 Å². The van der Waals surface area contributed by atoms with Gasteiger partial charge < -0.3 is 0 Å². The molecule has 0 bridgehead atoms. The predicted octanol–water partition coefficient (Wildman–Crippen LogP) is 25.9. The minimum absolute atomic E-state index is 0.206. The largest absolute Gasteiger partial charge is 0.276 e. The highest BCUT2D eigenvalue weighted by atomic mass is 15.1. The van der Waals surface area contributed by atoms with Crippen LogP contribution in [0, 0.1) is 5.92 Å². The van der Waals surface area contributed by atoms with Gasteiger partial charge in [0.05, 0.1) is 34.5 Å². The first-order chi connectivity index (χ1) is 57.1. The van der Waals surface area contributed by atoms with Crippen molar-refractivity contribution in [3.63, 3.8) is 0 Å². The first-order valence-corrected chi connectivity index (χ1v) is 40.1. The first-order valence-electron chi connectivity index (χ1n) is 40.1. The third kappa shape index (κ3) is 22.3. The minimum Gasteiger partial charge on any atom is -0.276 e. The maximum absolute atomic E-state index is 5.00. The third-order valence-electron chi connectivity index (χ3n) is 19.7. The molecule has 0 saturated carbocycles. The molecule has 0 fully saturated rings. The van der Waals surface area contributed by atoms with Crippen LogP contribution in [-0.4, -0.2) is 65.5 Å². The highest BCUT2D eigenvalue weighted by Gasteiger charge is 2.22. The number of aromatic nitrogens is 12. The summed E-state index contributed by atoms with van der Waals surface area (Å²) in [6.07, 6.45) is 13.7. The van der Waals surface area contributed by atoms with Crippen LogP contribution in [0.2, 0.25) is 0 Å². The minimum atomic E-state index is 0.206. The second kappa shape index (κ2) is 40.2. The van der Waals surface area contributed by atoms with Crippen LogP contribution in [0.3, 0.4) is 0 Å². The number of dihydropyridines is 1. The lowest BCUT2D eigenvalue weighted by atomic mass is 9.88. The molecule has 13 nitrogen and oxygen atoms in total. The number of hydrogen-bond donors (Lipinski definition) is 0. The molecule has 1 atom stereocenters. The van der Waals surface area contributed by atoms with Gasteiger partial charge in [-0.2, -0.15) is 0 Å². The van der Waals surface area contributed by atoms with Crippen molar-refractivity contribution in [1.82, 2.24) is 59.8 Å². The van der Waals surface area contributed by atoms with Gasteiger partial charge in [-0.3, -0.25) is 24.9 Å². The van der Waals surface area contributed by atoms with E-state index in [-0.39, 0.29) is 17.9 Å². The molecule has 17 rings (SSSR count). The zero-order valence-corrected chi connectivity index (χ0v) is 68.0. The standard InChI is InChI=1S/2C26H23N.C20H21N.2C16H15N5/c1-19(2)22-14-9-15-23(16-22)24-17-25(20-10-5-3-6-11-20)27-26(18-24)21-12-7-4-8-13-21;1-19(2)20-13-15-21(16-14-20)24-17-25(22-9-5-3-6-10-22)27-26(18-24)23-11-7-4-8-12-23;1-15(2)18-13-19(16-9-5-3-6-10-16)21-20(14-18)17-11-7-4-8-12-17;1-11(2)14-19-15(12-5-3-7-17-9-12)21-16(20-14)13-6-4-8-18-10-13;1-11(2)14-19-15(12-7-3-5-9-17-12)21-16(20-14)13-8-4-6-10-18-13/h2*3-19H,1-2H3;3-13,15,20H,14H2,1-2H3;2*3-11H,1-2H3. The van der Waals surface area contributed by atoms with Gasteiger partial charge in [0.2, 0.25) is 0 Å². The number of allylic oxidation sites excluding steroid dienone is 1. The van der Waals surface area contributed by atoms with Crippen molar-refractivity contribution in [3.05, 3.63) is 398 Å². The SMILES string of the molecule is CC(C)C1=CC(c2ccccc2)=NC(c2ccccc2)C1.CC(C)c1ccc(-c2cc(-c3ccccc3)nc(-c3ccccc3)c2)cc1.CC(C)c1cccc(-c2cc(-c3ccccc3)nc(-c3ccccc3)c2)c1.CC(C)c1nc(-c2ccccn2)nc(-c2ccccn2)n1.CC(C)c1nc(-c2cccnc2)nc(-c2cccnc2)n1. The second-order valence-electron chi connectivity index (χ2n) is 30.1. The Labute approximate surface area is 688 Å². The van der Waals surface area contributed by atoms with Crippen molar-refractivity contribution in [2.24, 2.45) is 10.9 Å². The summed E-state index contributed by atoms with van der Waals surface area (Å²) in [7, 11) is 0. The molecule has 1 aliphatic heterocycles. The van der Waals surface area contributed by atoms with Crippen LogP contribution in [0.5, 0.6) is 0 Å². The third-order valence-corrected chi connectivity index (χ3v) is 19.7. The molecule has 0 N–H and O–H groups in total. The van der Waals surface area contributed by atoms with E-state index in [9.17, 15) is 0 Å². The molecule has 0 radical (unpaired) electrons. The molecule has 0 amide bonds. The molecule has 0 saturated heterocycles. The molecule has 8 aromatic heterocycles. The second-order valence-corrected chi connectivity index (χ2v) is 30.1. The van der Waals surface area contributed by atoms with Crippen LogP contribution in [0.4, 0.5) is 0 Å². The van der Waals surface area contributed by atoms with Gasteiger partial charge in [-0.25, -0.2) is 39.9 Å². The van der Waals surface area contributed by atoms with E-state index in [1.165, 1.54) is 50.1 Å². The molecule has 16 aromatic rings. The van der Waals surface area contributed by atoms with E-state index in [4.69, 9.17) is 15.0 Å². The zero-order valence-electron chi connectivity index (χ0n) is 68.0. The Morgan fingerprint density at radius 1 is 0.248 bits per heavy atom. The summed E-state index contributed by atoms with van der Waals surface area (Å²) >= 11 is 0. The molecule has 1 aliphatic rings. The fourth-order valence-electron chi connectivity index (χ4n) is 13.1. The fraction of sp³-hybridized carbons (Fsp3) is 0.163. The highest BCUT2D eigenvalue weighted by Crippen LogP contribution is 2.37. The lowest BCUT2D eigenvalue weighted by molar-refractivity contribution is 0.629. The summed E-state index contributed by atoms with van der Waals surface area (Å²) in [4.78, 5) is 59.0. The Balaban J connectivity index is 0.000000128. The van der Waals surface area contributed by atoms with Crippen LogP contribution in [-0.2, 0) is 0 Å². The molecule has 1 unspecified atom stereocenters. The molecule has 578 valence electrons. The molecular weight excluding hydrogens is 1430 g/mol. The summed E-state index contributed by atoms with van der Waals surface area (Å²) in [6, 6.07) is 108. The molecule has 8 aromatic carbocycles. The van der Waals surface area contributed by atoms with E-state index in [2.05, 4.69) is 356 Å². The summed E-state index contributed by atoms with van der Waals surface area (Å²) in [5.74, 6) is 5.98. The van der Waals surface area contributed by atoms with E-state index >= 15 is 0 Å². The molecule has 0 aliphatic carbocycles. The highest BCUT2D eigenvalue weighted by molar-refractivity contribution is 6.09. The van der Waals surface area contributed by atoms with Gasteiger partial charge in [0.1, 0.15) is 23.0 Å². The maximum Gasteiger partial charge on any atom is 0.182 e. The van der Waals surface area contributed by atoms with Gasteiger partial charge in [-0.15, -0.1) is 0 Å². The smallest absolute Gasteiger partial charge is 0.182 e. The van der Waals surface area contributed by atoms with Crippen molar-refractivity contribution in [3.8, 4) is 113 Å². The van der Waals surface area contributed by atoms with Gasteiger partial charge in [0.15, 0.2) is 23.3 Å². The number of aliphatic imine (C=N–C) groups is 1. The van der Waals surface area contributed by atoms with Gasteiger partial charge in [0, 0.05) is 82.4 Å². The molecule has 117 heavy (non-hydrogen) atoms. The Kier molecular flexibility index (Phi) is 27.9. The predicted molar refractivity (Wildman–Crippen MR) is 480 cm³/mol. The average molecular weight is 1530 g/mol. The molecular formula is C104H97N13.